The lowest BCUT2D eigenvalue weighted by Crippen LogP contribution is -2.42. The first-order chi connectivity index (χ1) is 10.8. The lowest BCUT2D eigenvalue weighted by molar-refractivity contribution is -0.149. The van der Waals surface area contributed by atoms with Crippen molar-refractivity contribution in [2.75, 3.05) is 26.2 Å². The van der Waals surface area contributed by atoms with E-state index in [0.717, 1.165) is 45.3 Å². The highest BCUT2D eigenvalue weighted by Crippen LogP contribution is 2.34. The van der Waals surface area contributed by atoms with E-state index >= 15 is 0 Å². The molecule has 0 aromatic carbocycles. The van der Waals surface area contributed by atoms with Gasteiger partial charge in [-0.1, -0.05) is 11.8 Å². The summed E-state index contributed by atoms with van der Waals surface area (Å²) in [5.41, 5.74) is -0.384. The Hall–Kier alpha value is -1.05. The summed E-state index contributed by atoms with van der Waals surface area (Å²) >= 11 is 0. The Morgan fingerprint density at radius 2 is 1.96 bits per heavy atom. The minimum absolute atomic E-state index is 0.0383. The van der Waals surface area contributed by atoms with Gasteiger partial charge in [-0.25, -0.2) is 0 Å². The van der Waals surface area contributed by atoms with Crippen molar-refractivity contribution in [3.63, 3.8) is 0 Å². The Morgan fingerprint density at radius 1 is 1.26 bits per heavy atom. The lowest BCUT2D eigenvalue weighted by Gasteiger charge is -2.40. The zero-order valence-electron chi connectivity index (χ0n) is 15.1. The number of likely N-dealkylation sites (tertiary alicyclic amines) is 1. The zero-order chi connectivity index (χ0) is 16.9. The van der Waals surface area contributed by atoms with Gasteiger partial charge in [0, 0.05) is 0 Å². The maximum atomic E-state index is 11.7. The van der Waals surface area contributed by atoms with Crippen LogP contribution in [-0.4, -0.2) is 48.3 Å². The average Bonchev–Trinajstić information content (AvgIpc) is 2.46. The first-order valence-corrected chi connectivity index (χ1v) is 8.93. The molecular weight excluding hydrogens is 290 g/mol. The van der Waals surface area contributed by atoms with Gasteiger partial charge in [-0.15, -0.1) is 0 Å². The number of carbonyl (C=O) groups is 1. The fourth-order valence-corrected chi connectivity index (χ4v) is 3.58. The minimum Gasteiger partial charge on any atom is -0.466 e. The molecule has 0 bridgehead atoms. The zero-order valence-corrected chi connectivity index (χ0v) is 15.1. The highest BCUT2D eigenvalue weighted by Gasteiger charge is 2.36. The Balaban J connectivity index is 1.79. The molecule has 0 aliphatic carbocycles. The average molecular weight is 321 g/mol. The topological polar surface area (TPSA) is 38.8 Å². The second-order valence-electron chi connectivity index (χ2n) is 7.55. The molecule has 130 valence electrons. The molecule has 2 saturated heterocycles. The van der Waals surface area contributed by atoms with E-state index in [-0.39, 0.29) is 23.1 Å². The van der Waals surface area contributed by atoms with Crippen LogP contribution in [0.3, 0.4) is 0 Å². The molecule has 0 radical (unpaired) electrons. The van der Waals surface area contributed by atoms with Crippen molar-refractivity contribution in [1.29, 1.82) is 0 Å². The molecule has 1 atom stereocenters. The number of ether oxygens (including phenoxy) is 2. The van der Waals surface area contributed by atoms with Crippen molar-refractivity contribution in [2.24, 2.45) is 5.92 Å². The maximum Gasteiger partial charge on any atom is 0.309 e. The highest BCUT2D eigenvalue weighted by atomic mass is 16.5. The smallest absolute Gasteiger partial charge is 0.309 e. The van der Waals surface area contributed by atoms with Crippen molar-refractivity contribution in [3.05, 3.63) is 0 Å². The number of hydrogen-bond acceptors (Lipinski definition) is 4. The number of piperidine rings is 1. The standard InChI is InChI=1S/C19H31NO3/c1-5-22-17(21)16-8-14-20(15-9-16)13-7-12-19(4)11-6-10-18(2,3)23-19/h16H,5-6,8-11,13-15H2,1-4H3/t19-/m0/s1. The minimum atomic E-state index is -0.314. The van der Waals surface area contributed by atoms with Crippen LogP contribution in [0.2, 0.25) is 0 Å². The van der Waals surface area contributed by atoms with Crippen LogP contribution in [0, 0.1) is 17.8 Å². The number of hydrogen-bond donors (Lipinski definition) is 0. The Bertz CT molecular complexity index is 469. The first-order valence-electron chi connectivity index (χ1n) is 8.93. The highest BCUT2D eigenvalue weighted by molar-refractivity contribution is 5.72. The van der Waals surface area contributed by atoms with Gasteiger partial charge in [0.15, 0.2) is 0 Å². The van der Waals surface area contributed by atoms with Gasteiger partial charge in [0.05, 0.1) is 24.7 Å². The fraction of sp³-hybridized carbons (Fsp3) is 0.842. The molecule has 0 amide bonds. The van der Waals surface area contributed by atoms with Crippen LogP contribution in [0.5, 0.6) is 0 Å². The molecule has 0 unspecified atom stereocenters. The molecule has 4 heteroatoms. The van der Waals surface area contributed by atoms with E-state index in [4.69, 9.17) is 9.47 Å². The summed E-state index contributed by atoms with van der Waals surface area (Å²) in [4.78, 5) is 14.1. The summed E-state index contributed by atoms with van der Waals surface area (Å²) in [6, 6.07) is 0. The molecular formula is C19H31NO3. The van der Waals surface area contributed by atoms with Crippen LogP contribution >= 0.6 is 0 Å². The van der Waals surface area contributed by atoms with Crippen molar-refractivity contribution in [2.45, 2.75) is 71.0 Å². The SMILES string of the molecule is CCOC(=O)C1CCN(CC#C[C@]2(C)CCCC(C)(C)O2)CC1. The lowest BCUT2D eigenvalue weighted by atomic mass is 9.88. The molecule has 2 fully saturated rings. The number of nitrogens with zero attached hydrogens (tertiary/aromatic N) is 1. The van der Waals surface area contributed by atoms with Crippen LogP contribution in [0.15, 0.2) is 0 Å². The van der Waals surface area contributed by atoms with Crippen LogP contribution in [0.4, 0.5) is 0 Å². The van der Waals surface area contributed by atoms with Crippen molar-refractivity contribution in [1.82, 2.24) is 4.90 Å². The van der Waals surface area contributed by atoms with Gasteiger partial charge in [0.2, 0.25) is 0 Å². The number of carbonyl (C=O) groups excluding carboxylic acids is 1. The molecule has 0 saturated carbocycles. The molecule has 23 heavy (non-hydrogen) atoms. The van der Waals surface area contributed by atoms with Crippen LogP contribution < -0.4 is 0 Å². The normalized spacial score (nSPS) is 28.7. The summed E-state index contributed by atoms with van der Waals surface area (Å²) in [5, 5.41) is 0. The van der Waals surface area contributed by atoms with Gasteiger partial charge in [-0.3, -0.25) is 9.69 Å². The van der Waals surface area contributed by atoms with E-state index in [9.17, 15) is 4.79 Å². The predicted octanol–water partition coefficient (Wildman–Crippen LogP) is 3.00. The molecule has 0 aromatic heterocycles. The van der Waals surface area contributed by atoms with Gasteiger partial charge in [-0.2, -0.15) is 0 Å². The van der Waals surface area contributed by atoms with Gasteiger partial charge in [-0.05, 0) is 72.9 Å². The number of rotatable bonds is 3. The van der Waals surface area contributed by atoms with Crippen LogP contribution in [0.1, 0.15) is 59.8 Å². The largest absolute Gasteiger partial charge is 0.466 e. The molecule has 2 aliphatic rings. The summed E-state index contributed by atoms with van der Waals surface area (Å²) in [7, 11) is 0. The molecule has 2 rings (SSSR count). The quantitative estimate of drug-likeness (QED) is 0.592. The number of esters is 1. The molecule has 0 aromatic rings. The van der Waals surface area contributed by atoms with Crippen LogP contribution in [0.25, 0.3) is 0 Å². The van der Waals surface area contributed by atoms with Crippen molar-refractivity contribution >= 4 is 5.97 Å². The summed E-state index contributed by atoms with van der Waals surface area (Å²) in [6.45, 7) is 11.3. The molecule has 0 spiro atoms. The summed E-state index contributed by atoms with van der Waals surface area (Å²) in [5.74, 6) is 6.69. The second kappa shape index (κ2) is 7.68. The van der Waals surface area contributed by atoms with Gasteiger partial charge < -0.3 is 9.47 Å². The Kier molecular flexibility index (Phi) is 6.11. The van der Waals surface area contributed by atoms with E-state index in [1.165, 1.54) is 6.42 Å². The fourth-order valence-electron chi connectivity index (χ4n) is 3.58. The van der Waals surface area contributed by atoms with Crippen molar-refractivity contribution in [3.8, 4) is 11.8 Å². The molecule has 4 nitrogen and oxygen atoms in total. The van der Waals surface area contributed by atoms with E-state index in [2.05, 4.69) is 37.5 Å². The predicted molar refractivity (Wildman–Crippen MR) is 91.0 cm³/mol. The third-order valence-corrected chi connectivity index (χ3v) is 4.80. The van der Waals surface area contributed by atoms with Crippen molar-refractivity contribution < 1.29 is 14.3 Å². The van der Waals surface area contributed by atoms with E-state index in [0.29, 0.717) is 6.61 Å². The van der Waals surface area contributed by atoms with E-state index < -0.39 is 0 Å². The third-order valence-electron chi connectivity index (χ3n) is 4.80. The summed E-state index contributed by atoms with van der Waals surface area (Å²) in [6.07, 6.45) is 5.03. The first kappa shape index (κ1) is 18.3. The monoisotopic (exact) mass is 321 g/mol. The Labute approximate surface area is 140 Å². The van der Waals surface area contributed by atoms with E-state index in [1.54, 1.807) is 0 Å². The molecule has 2 heterocycles. The molecule has 0 N–H and O–H groups in total. The third kappa shape index (κ3) is 5.51. The maximum absolute atomic E-state index is 11.7. The van der Waals surface area contributed by atoms with Gasteiger partial charge in [0.1, 0.15) is 5.60 Å². The van der Waals surface area contributed by atoms with Crippen LogP contribution in [-0.2, 0) is 14.3 Å². The van der Waals surface area contributed by atoms with Gasteiger partial charge in [0.25, 0.3) is 0 Å². The Morgan fingerprint density at radius 3 is 2.57 bits per heavy atom. The van der Waals surface area contributed by atoms with Gasteiger partial charge >= 0.3 is 5.97 Å². The molecule has 2 aliphatic heterocycles. The van der Waals surface area contributed by atoms with E-state index in [1.807, 2.05) is 6.92 Å². The second-order valence-corrected chi connectivity index (χ2v) is 7.55. The summed E-state index contributed by atoms with van der Waals surface area (Å²) < 4.78 is 11.3.